The molecule has 1 amide bonds. The summed E-state index contributed by atoms with van der Waals surface area (Å²) in [7, 11) is 0. The minimum Gasteiger partial charge on any atom is -0.444 e. The minimum absolute atomic E-state index is 0.190. The third-order valence-corrected chi connectivity index (χ3v) is 3.24. The molecule has 1 atom stereocenters. The second-order valence-corrected chi connectivity index (χ2v) is 4.88. The molecule has 5 heteroatoms. The smallest absolute Gasteiger partial charge is 0.412 e. The average Bonchev–Trinajstić information content (AvgIpc) is 2.54. The topological polar surface area (TPSA) is 64.3 Å². The van der Waals surface area contributed by atoms with Crippen LogP contribution in [-0.2, 0) is 11.3 Å². The van der Waals surface area contributed by atoms with E-state index in [0.29, 0.717) is 0 Å². The summed E-state index contributed by atoms with van der Waals surface area (Å²) in [5, 5.41) is 2.49. The van der Waals surface area contributed by atoms with E-state index >= 15 is 0 Å². The van der Waals surface area contributed by atoms with Gasteiger partial charge in [-0.1, -0.05) is 72.9 Å². The summed E-state index contributed by atoms with van der Waals surface area (Å²) in [6, 6.07) is 18.2. The molecule has 21 heavy (non-hydrogen) atoms. The number of alkyl carbamates (subject to hydrolysis) is 1. The number of benzene rings is 2. The van der Waals surface area contributed by atoms with Crippen molar-refractivity contribution in [1.82, 2.24) is 5.32 Å². The van der Waals surface area contributed by atoms with Gasteiger partial charge >= 0.3 is 6.09 Å². The first-order chi connectivity index (χ1) is 10.2. The van der Waals surface area contributed by atoms with Gasteiger partial charge < -0.3 is 10.5 Å². The molecular formula is C16H16N2O2S. The summed E-state index contributed by atoms with van der Waals surface area (Å²) >= 11 is 5.13. The summed E-state index contributed by atoms with van der Waals surface area (Å²) in [4.78, 5) is 11.9. The van der Waals surface area contributed by atoms with E-state index in [1.165, 1.54) is 0 Å². The molecule has 2 rings (SSSR count). The molecule has 0 spiro atoms. The Labute approximate surface area is 128 Å². The Morgan fingerprint density at radius 1 is 1.10 bits per heavy atom. The lowest BCUT2D eigenvalue weighted by Crippen LogP contribution is -2.37. The van der Waals surface area contributed by atoms with Crippen LogP contribution in [0.25, 0.3) is 0 Å². The normalized spacial score (nSPS) is 11.5. The number of nitrogens with two attached hydrogens (primary N) is 1. The Morgan fingerprint density at radius 3 is 2.29 bits per heavy atom. The summed E-state index contributed by atoms with van der Waals surface area (Å²) in [6.07, 6.45) is -0.602. The van der Waals surface area contributed by atoms with Crippen molar-refractivity contribution in [3.63, 3.8) is 0 Å². The second kappa shape index (κ2) is 7.52. The molecule has 0 radical (unpaired) electrons. The third kappa shape index (κ3) is 4.66. The first-order valence-corrected chi connectivity index (χ1v) is 6.89. The quantitative estimate of drug-likeness (QED) is 0.852. The first-order valence-electron chi connectivity index (χ1n) is 6.49. The molecule has 0 fully saturated rings. The molecule has 2 aromatic carbocycles. The Balaban J connectivity index is 1.83. The van der Waals surface area contributed by atoms with Gasteiger partial charge in [0, 0.05) is 0 Å². The van der Waals surface area contributed by atoms with Crippen molar-refractivity contribution in [3.8, 4) is 0 Å². The number of nitrogens with one attached hydrogen (secondary N) is 1. The van der Waals surface area contributed by atoms with Crippen LogP contribution in [0.3, 0.4) is 0 Å². The lowest BCUT2D eigenvalue weighted by atomic mass is 10.1. The molecule has 3 N–H and O–H groups in total. The molecular weight excluding hydrogens is 284 g/mol. The van der Waals surface area contributed by atoms with E-state index in [0.717, 1.165) is 11.1 Å². The highest BCUT2D eigenvalue weighted by atomic mass is 32.1. The van der Waals surface area contributed by atoms with Crippen LogP contribution >= 0.6 is 12.2 Å². The standard InChI is InChI=1S/C16H16N2O2S/c17-14(13-9-5-2-6-10-13)15(21)18-16(19)20-11-12-7-3-1-4-8-12/h1-10,14H,11,17H2,(H,18,19,21). The van der Waals surface area contributed by atoms with Crippen molar-refractivity contribution in [2.24, 2.45) is 5.73 Å². The largest absolute Gasteiger partial charge is 0.444 e. The molecule has 2 aromatic rings. The van der Waals surface area contributed by atoms with E-state index < -0.39 is 12.1 Å². The Hall–Kier alpha value is -2.24. The highest BCUT2D eigenvalue weighted by Crippen LogP contribution is 2.10. The van der Waals surface area contributed by atoms with Crippen molar-refractivity contribution < 1.29 is 9.53 Å². The summed E-state index contributed by atoms with van der Waals surface area (Å²) in [5.74, 6) is 0. The van der Waals surface area contributed by atoms with Gasteiger partial charge in [-0.25, -0.2) is 4.79 Å². The van der Waals surface area contributed by atoms with Crippen molar-refractivity contribution in [1.29, 1.82) is 0 Å². The molecule has 4 nitrogen and oxygen atoms in total. The molecule has 0 saturated heterocycles. The molecule has 0 heterocycles. The second-order valence-electron chi connectivity index (χ2n) is 4.44. The Morgan fingerprint density at radius 2 is 1.67 bits per heavy atom. The van der Waals surface area contributed by atoms with Gasteiger partial charge in [0.25, 0.3) is 0 Å². The molecule has 0 aliphatic rings. The number of carbonyl (C=O) groups is 1. The number of amides is 1. The number of carbonyl (C=O) groups excluding carboxylic acids is 1. The van der Waals surface area contributed by atoms with Crippen LogP contribution in [0.4, 0.5) is 4.79 Å². The molecule has 0 saturated carbocycles. The zero-order valence-electron chi connectivity index (χ0n) is 11.4. The van der Waals surface area contributed by atoms with E-state index in [4.69, 9.17) is 22.7 Å². The Bertz CT molecular complexity index is 602. The van der Waals surface area contributed by atoms with Crippen LogP contribution in [0.15, 0.2) is 60.7 Å². The summed E-state index contributed by atoms with van der Waals surface area (Å²) < 4.78 is 5.09. The number of hydrogen-bond donors (Lipinski definition) is 2. The average molecular weight is 300 g/mol. The van der Waals surface area contributed by atoms with Crippen LogP contribution < -0.4 is 11.1 Å². The lowest BCUT2D eigenvalue weighted by molar-refractivity contribution is 0.145. The molecule has 1 unspecified atom stereocenters. The molecule has 0 bridgehead atoms. The SMILES string of the molecule is NC(C(=S)NC(=O)OCc1ccccc1)c1ccccc1. The Kier molecular flexibility index (Phi) is 5.43. The van der Waals surface area contributed by atoms with E-state index in [2.05, 4.69) is 5.32 Å². The van der Waals surface area contributed by atoms with Crippen LogP contribution in [0.1, 0.15) is 17.2 Å². The van der Waals surface area contributed by atoms with Crippen molar-refractivity contribution in [2.45, 2.75) is 12.6 Å². The maximum atomic E-state index is 11.7. The molecule has 0 aromatic heterocycles. The predicted octanol–water partition coefficient (Wildman–Crippen LogP) is 2.94. The maximum absolute atomic E-state index is 11.7. The van der Waals surface area contributed by atoms with Crippen LogP contribution in [0, 0.1) is 0 Å². The molecule has 0 aliphatic heterocycles. The van der Waals surface area contributed by atoms with Crippen molar-refractivity contribution in [2.75, 3.05) is 0 Å². The number of ether oxygens (including phenoxy) is 1. The van der Waals surface area contributed by atoms with Gasteiger partial charge in [-0.05, 0) is 11.1 Å². The van der Waals surface area contributed by atoms with Gasteiger partial charge in [0.15, 0.2) is 0 Å². The fourth-order valence-corrected chi connectivity index (χ4v) is 1.97. The van der Waals surface area contributed by atoms with Crippen molar-refractivity contribution in [3.05, 3.63) is 71.8 Å². The molecule has 108 valence electrons. The zero-order valence-corrected chi connectivity index (χ0v) is 12.2. The van der Waals surface area contributed by atoms with Gasteiger partial charge in [-0.15, -0.1) is 0 Å². The van der Waals surface area contributed by atoms with Gasteiger partial charge in [0.2, 0.25) is 0 Å². The van der Waals surface area contributed by atoms with Gasteiger partial charge in [0.05, 0.1) is 6.04 Å². The number of hydrogen-bond acceptors (Lipinski definition) is 4. The highest BCUT2D eigenvalue weighted by Gasteiger charge is 2.14. The number of rotatable bonds is 4. The fourth-order valence-electron chi connectivity index (χ4n) is 1.75. The van der Waals surface area contributed by atoms with E-state index in [1.807, 2.05) is 60.7 Å². The fraction of sp³-hybridized carbons (Fsp3) is 0.125. The monoisotopic (exact) mass is 300 g/mol. The van der Waals surface area contributed by atoms with Gasteiger partial charge in [0.1, 0.15) is 11.6 Å². The van der Waals surface area contributed by atoms with Crippen LogP contribution in [-0.4, -0.2) is 11.1 Å². The maximum Gasteiger partial charge on any atom is 0.412 e. The molecule has 0 aliphatic carbocycles. The summed E-state index contributed by atoms with van der Waals surface area (Å²) in [6.45, 7) is 0.190. The minimum atomic E-state index is -0.602. The van der Waals surface area contributed by atoms with Crippen molar-refractivity contribution >= 4 is 23.3 Å². The zero-order chi connectivity index (χ0) is 15.1. The van der Waals surface area contributed by atoms with Gasteiger partial charge in [-0.2, -0.15) is 0 Å². The predicted molar refractivity (Wildman–Crippen MR) is 85.7 cm³/mol. The third-order valence-electron chi connectivity index (χ3n) is 2.88. The summed E-state index contributed by atoms with van der Waals surface area (Å²) in [5.41, 5.74) is 7.73. The van der Waals surface area contributed by atoms with E-state index in [1.54, 1.807) is 0 Å². The highest BCUT2D eigenvalue weighted by molar-refractivity contribution is 7.80. The first kappa shape index (κ1) is 15.2. The number of thiocarbonyl (C=S) groups is 1. The van der Waals surface area contributed by atoms with Crippen LogP contribution in [0.5, 0.6) is 0 Å². The van der Waals surface area contributed by atoms with E-state index in [-0.39, 0.29) is 11.6 Å². The van der Waals surface area contributed by atoms with Crippen LogP contribution in [0.2, 0.25) is 0 Å². The van der Waals surface area contributed by atoms with Gasteiger partial charge in [-0.3, -0.25) is 5.32 Å². The van der Waals surface area contributed by atoms with E-state index in [9.17, 15) is 4.79 Å². The lowest BCUT2D eigenvalue weighted by Gasteiger charge is -2.14.